The zero-order chi connectivity index (χ0) is 22.7. The van der Waals surface area contributed by atoms with E-state index in [9.17, 15) is 4.57 Å². The summed E-state index contributed by atoms with van der Waals surface area (Å²) in [6.45, 7) is 3.08. The minimum atomic E-state index is -2.84. The van der Waals surface area contributed by atoms with E-state index in [4.69, 9.17) is 4.74 Å². The van der Waals surface area contributed by atoms with E-state index in [0.717, 1.165) is 58.6 Å². The topological polar surface area (TPSA) is 32.8 Å². The van der Waals surface area contributed by atoms with E-state index in [-0.39, 0.29) is 0 Å². The van der Waals surface area contributed by atoms with Crippen LogP contribution in [0.2, 0.25) is 0 Å². The Morgan fingerprint density at radius 2 is 1.24 bits per heavy atom. The van der Waals surface area contributed by atoms with Gasteiger partial charge >= 0.3 is 0 Å². The first-order valence-electron chi connectivity index (χ1n) is 11.1. The molecule has 168 valence electrons. The molecule has 0 amide bonds. The van der Waals surface area contributed by atoms with Gasteiger partial charge in [-0.15, -0.1) is 0 Å². The first kappa shape index (κ1) is 22.1. The van der Waals surface area contributed by atoms with Crippen molar-refractivity contribution in [1.29, 1.82) is 0 Å². The summed E-state index contributed by atoms with van der Waals surface area (Å²) in [4.78, 5) is 4.45. The van der Waals surface area contributed by atoms with Gasteiger partial charge in [0.05, 0.1) is 12.8 Å². The highest BCUT2D eigenvalue weighted by atomic mass is 32.2. The number of nitrogens with zero attached hydrogens (tertiary/aromatic N) is 2. The molecule has 6 heteroatoms. The number of hydrogen-bond donors (Lipinski definition) is 0. The van der Waals surface area contributed by atoms with Crippen LogP contribution in [0.15, 0.2) is 96.6 Å². The van der Waals surface area contributed by atoms with Crippen LogP contribution in [0.3, 0.4) is 0 Å². The van der Waals surface area contributed by atoms with Crippen molar-refractivity contribution in [2.75, 3.05) is 38.2 Å². The van der Waals surface area contributed by atoms with Crippen LogP contribution in [0.4, 0.5) is 5.69 Å². The fourth-order valence-corrected chi connectivity index (χ4v) is 8.57. The molecule has 0 aromatic heterocycles. The van der Waals surface area contributed by atoms with Gasteiger partial charge in [-0.3, -0.25) is 4.57 Å². The smallest absolute Gasteiger partial charge is 0.195 e. The first-order chi connectivity index (χ1) is 16.2. The normalized spacial score (nSPS) is 18.4. The molecule has 0 atom stereocenters. The zero-order valence-electron chi connectivity index (χ0n) is 18.6. The first-order valence-corrected chi connectivity index (χ1v) is 13.7. The largest absolute Gasteiger partial charge is 0.495 e. The number of benzene rings is 3. The molecule has 0 N–H and O–H groups in total. The second kappa shape index (κ2) is 9.64. The Hall–Kier alpha value is -2.72. The maximum absolute atomic E-state index is 14.4. The summed E-state index contributed by atoms with van der Waals surface area (Å²) in [7, 11) is -1.13. The van der Waals surface area contributed by atoms with Crippen LogP contribution in [-0.4, -0.2) is 38.0 Å². The minimum Gasteiger partial charge on any atom is -0.495 e. The van der Waals surface area contributed by atoms with Crippen molar-refractivity contribution >= 4 is 34.6 Å². The van der Waals surface area contributed by atoms with Gasteiger partial charge in [-0.25, -0.2) is 4.67 Å². The fourth-order valence-electron chi connectivity index (χ4n) is 4.32. The maximum atomic E-state index is 14.4. The summed E-state index contributed by atoms with van der Waals surface area (Å²) in [5.74, 6) is 4.90. The van der Waals surface area contributed by atoms with Gasteiger partial charge < -0.3 is 9.64 Å². The molecule has 4 nitrogen and oxygen atoms in total. The van der Waals surface area contributed by atoms with E-state index in [1.807, 2.05) is 66.2 Å². The van der Waals surface area contributed by atoms with E-state index >= 15 is 0 Å². The third kappa shape index (κ3) is 4.67. The van der Waals surface area contributed by atoms with Crippen molar-refractivity contribution < 1.29 is 9.30 Å². The van der Waals surface area contributed by atoms with Crippen molar-refractivity contribution in [3.63, 3.8) is 0 Å². The fraction of sp³-hybridized carbons (Fsp3) is 0.185. The number of methoxy groups -OCH3 is 1. The quantitative estimate of drug-likeness (QED) is 0.378. The molecule has 0 radical (unpaired) electrons. The Morgan fingerprint density at radius 1 is 0.727 bits per heavy atom. The van der Waals surface area contributed by atoms with Crippen LogP contribution in [0, 0.1) is 0 Å². The summed E-state index contributed by atoms with van der Waals surface area (Å²) in [5, 5.41) is 0. The van der Waals surface area contributed by atoms with Gasteiger partial charge in [-0.1, -0.05) is 84.6 Å². The van der Waals surface area contributed by atoms with Crippen molar-refractivity contribution in [3.05, 3.63) is 108 Å². The van der Waals surface area contributed by atoms with E-state index in [1.165, 1.54) is 0 Å². The Morgan fingerprint density at radius 3 is 1.79 bits per heavy atom. The Balaban J connectivity index is 1.45. The molecular weight excluding hydrogens is 447 g/mol. The lowest BCUT2D eigenvalue weighted by Gasteiger charge is -2.39. The summed E-state index contributed by atoms with van der Waals surface area (Å²) in [6, 6.07) is 28.7. The third-order valence-electron chi connectivity index (χ3n) is 6.06. The molecule has 2 aliphatic heterocycles. The number of anilines is 1. The van der Waals surface area contributed by atoms with Gasteiger partial charge in [0.2, 0.25) is 0 Å². The summed E-state index contributed by atoms with van der Waals surface area (Å²) >= 11 is 1.70. The lowest BCUT2D eigenvalue weighted by Crippen LogP contribution is -2.44. The molecule has 5 rings (SSSR count). The van der Waals surface area contributed by atoms with Crippen LogP contribution in [-0.2, 0) is 4.57 Å². The van der Waals surface area contributed by atoms with Gasteiger partial charge in [0.25, 0.3) is 0 Å². The van der Waals surface area contributed by atoms with Gasteiger partial charge in [0.1, 0.15) is 5.75 Å². The summed E-state index contributed by atoms with van der Waals surface area (Å²) in [6.07, 6.45) is 0. The molecule has 0 spiro atoms. The van der Waals surface area contributed by atoms with E-state index < -0.39 is 7.29 Å². The number of para-hydroxylation sites is 2. The van der Waals surface area contributed by atoms with Crippen molar-refractivity contribution in [2.45, 2.75) is 0 Å². The molecule has 2 heterocycles. The number of hydrogen-bond acceptors (Lipinski definition) is 4. The van der Waals surface area contributed by atoms with Crippen LogP contribution >= 0.6 is 19.1 Å². The average molecular weight is 475 g/mol. The van der Waals surface area contributed by atoms with Crippen molar-refractivity contribution in [3.8, 4) is 5.75 Å². The van der Waals surface area contributed by atoms with Gasteiger partial charge in [0.15, 0.2) is 7.29 Å². The number of rotatable bonds is 5. The Bertz CT molecular complexity index is 1160. The van der Waals surface area contributed by atoms with Gasteiger partial charge in [-0.05, 0) is 23.3 Å². The van der Waals surface area contributed by atoms with Crippen LogP contribution < -0.4 is 9.64 Å². The lowest BCUT2D eigenvalue weighted by molar-refractivity contribution is 0.384. The van der Waals surface area contributed by atoms with Crippen LogP contribution in [0.1, 0.15) is 11.1 Å². The molecule has 2 aliphatic rings. The molecule has 3 aromatic carbocycles. The second-order valence-electron chi connectivity index (χ2n) is 8.11. The standard InChI is InChI=1S/C27H27N2O2PS/c1-31-25-15-9-8-14-24(25)28-16-18-29(19-17-28)32(30)20-26(22-10-4-2-5-11-22)33-27(21-32)23-12-6-3-7-13-23/h2-15,20-21H,16-19H2,1H3. The summed E-state index contributed by atoms with van der Waals surface area (Å²) in [5.41, 5.74) is 3.31. The Labute approximate surface area is 200 Å². The molecule has 1 saturated heterocycles. The molecule has 33 heavy (non-hydrogen) atoms. The average Bonchev–Trinajstić information content (AvgIpc) is 2.89. The molecule has 3 aromatic rings. The summed E-state index contributed by atoms with van der Waals surface area (Å²) < 4.78 is 22.2. The predicted octanol–water partition coefficient (Wildman–Crippen LogP) is 6.84. The Kier molecular flexibility index (Phi) is 6.45. The molecule has 0 bridgehead atoms. The molecule has 0 saturated carbocycles. The van der Waals surface area contributed by atoms with Crippen LogP contribution in [0.25, 0.3) is 9.81 Å². The van der Waals surface area contributed by atoms with Gasteiger partial charge in [0, 0.05) is 47.6 Å². The monoisotopic (exact) mass is 474 g/mol. The highest BCUT2D eigenvalue weighted by Crippen LogP contribution is 2.63. The molecular formula is C27H27N2O2PS. The predicted molar refractivity (Wildman–Crippen MR) is 141 cm³/mol. The number of ether oxygens (including phenoxy) is 1. The highest BCUT2D eigenvalue weighted by molar-refractivity contribution is 8.17. The molecule has 0 aliphatic carbocycles. The van der Waals surface area contributed by atoms with Gasteiger partial charge in [-0.2, -0.15) is 0 Å². The number of piperazine rings is 1. The minimum absolute atomic E-state index is 0.733. The number of thioether (sulfide) groups is 1. The van der Waals surface area contributed by atoms with E-state index in [2.05, 4.69) is 39.9 Å². The second-order valence-corrected chi connectivity index (χ2v) is 11.6. The van der Waals surface area contributed by atoms with E-state index in [0.29, 0.717) is 0 Å². The van der Waals surface area contributed by atoms with E-state index in [1.54, 1.807) is 18.9 Å². The van der Waals surface area contributed by atoms with Crippen molar-refractivity contribution in [1.82, 2.24) is 4.67 Å². The maximum Gasteiger partial charge on any atom is 0.195 e. The van der Waals surface area contributed by atoms with Crippen LogP contribution in [0.5, 0.6) is 5.75 Å². The molecule has 0 unspecified atom stereocenters. The molecule has 1 fully saturated rings. The highest BCUT2D eigenvalue weighted by Gasteiger charge is 2.34. The van der Waals surface area contributed by atoms with Crippen molar-refractivity contribution in [2.24, 2.45) is 0 Å². The SMILES string of the molecule is COc1ccccc1N1CCN(P2(=O)C=C(c3ccccc3)SC(c3ccccc3)=C2)CC1. The zero-order valence-corrected chi connectivity index (χ0v) is 20.3. The lowest BCUT2D eigenvalue weighted by atomic mass is 10.2. The third-order valence-corrected chi connectivity index (χ3v) is 10.1.